The van der Waals surface area contributed by atoms with Gasteiger partial charge in [0.15, 0.2) is 0 Å². The monoisotopic (exact) mass is 635 g/mol. The summed E-state index contributed by atoms with van der Waals surface area (Å²) in [5.74, 6) is -2.15. The van der Waals surface area contributed by atoms with E-state index < -0.39 is 54.1 Å². The van der Waals surface area contributed by atoms with Crippen LogP contribution in [-0.2, 0) is 6.18 Å². The van der Waals surface area contributed by atoms with Crippen molar-refractivity contribution in [1.82, 2.24) is 9.99 Å². The van der Waals surface area contributed by atoms with E-state index in [1.165, 1.54) is 35.3 Å². The molecule has 0 fully saturated rings. The van der Waals surface area contributed by atoms with E-state index in [1.54, 1.807) is 0 Å². The van der Waals surface area contributed by atoms with Crippen molar-refractivity contribution in [1.29, 1.82) is 0 Å². The summed E-state index contributed by atoms with van der Waals surface area (Å²) >= 11 is 3.21. The highest BCUT2D eigenvalue weighted by Gasteiger charge is 2.34. The first-order chi connectivity index (χ1) is 18.7. The van der Waals surface area contributed by atoms with Crippen LogP contribution >= 0.6 is 15.9 Å². The molecule has 0 aliphatic carbocycles. The molecule has 1 atom stereocenters. The van der Waals surface area contributed by atoms with Crippen LogP contribution < -0.4 is 27.1 Å². The highest BCUT2D eigenvalue weighted by molar-refractivity contribution is 9.10. The van der Waals surface area contributed by atoms with E-state index in [0.29, 0.717) is 23.8 Å². The Morgan fingerprint density at radius 3 is 2.35 bits per heavy atom. The summed E-state index contributed by atoms with van der Waals surface area (Å²) in [6, 6.07) is 6.00. The third-order valence-electron chi connectivity index (χ3n) is 5.50. The molecule has 2 aromatic carbocycles. The molecule has 4 rings (SSSR count). The number of urea groups is 1. The molecule has 3 amide bonds. The van der Waals surface area contributed by atoms with E-state index in [-0.39, 0.29) is 27.1 Å². The number of nitrogens with zero attached hydrogens (tertiary/aromatic N) is 2. The SMILES string of the molecule is NC1N=CNn2c(Br)c(C(=O)NCC(F)(F)F)c(-c3ccc(NC(=O)Nc4cc(C(F)(F)F)ccc4F)cc3)c21. The molecule has 2 heterocycles. The smallest absolute Gasteiger partial charge is 0.343 e. The Labute approximate surface area is 228 Å². The molecule has 9 nitrogen and oxygen atoms in total. The number of carbonyl (C=O) groups excluding carboxylic acids is 2. The maximum Gasteiger partial charge on any atom is 0.416 e. The summed E-state index contributed by atoms with van der Waals surface area (Å²) in [6.07, 6.45) is -9.18. The largest absolute Gasteiger partial charge is 0.416 e. The first-order valence-corrected chi connectivity index (χ1v) is 11.8. The second kappa shape index (κ2) is 10.8. The van der Waals surface area contributed by atoms with Crippen LogP contribution in [0.25, 0.3) is 11.1 Å². The Hall–Kier alpha value is -4.12. The highest BCUT2D eigenvalue weighted by Crippen LogP contribution is 2.39. The van der Waals surface area contributed by atoms with E-state index >= 15 is 0 Å². The Bertz CT molecular complexity index is 1480. The summed E-state index contributed by atoms with van der Waals surface area (Å²) < 4.78 is 92.3. The van der Waals surface area contributed by atoms with Crippen LogP contribution in [0.15, 0.2) is 52.1 Å². The van der Waals surface area contributed by atoms with Crippen molar-refractivity contribution < 1.29 is 40.3 Å². The predicted octanol–water partition coefficient (Wildman–Crippen LogP) is 5.55. The van der Waals surface area contributed by atoms with Gasteiger partial charge in [0, 0.05) is 11.3 Å². The van der Waals surface area contributed by atoms with E-state index in [1.807, 2.05) is 10.6 Å². The number of halogens is 8. The topological polar surface area (TPSA) is 126 Å². The lowest BCUT2D eigenvalue weighted by Gasteiger charge is -2.19. The molecule has 40 heavy (non-hydrogen) atoms. The molecular weight excluding hydrogens is 619 g/mol. The van der Waals surface area contributed by atoms with Crippen LogP contribution in [0, 0.1) is 5.82 Å². The number of anilines is 2. The molecule has 0 radical (unpaired) electrons. The van der Waals surface area contributed by atoms with E-state index in [2.05, 4.69) is 31.7 Å². The van der Waals surface area contributed by atoms with Crippen molar-refractivity contribution in [2.75, 3.05) is 22.6 Å². The van der Waals surface area contributed by atoms with Crippen LogP contribution in [0.1, 0.15) is 27.8 Å². The average Bonchev–Trinajstić information content (AvgIpc) is 3.17. The van der Waals surface area contributed by atoms with Gasteiger partial charge in [0.2, 0.25) is 0 Å². The number of carbonyl (C=O) groups is 2. The third kappa shape index (κ3) is 6.20. The van der Waals surface area contributed by atoms with E-state index in [0.717, 1.165) is 0 Å². The fourth-order valence-corrected chi connectivity index (χ4v) is 4.45. The number of alkyl halides is 6. The van der Waals surface area contributed by atoms with Crippen molar-refractivity contribution >= 4 is 45.6 Å². The van der Waals surface area contributed by atoms with E-state index in [9.17, 15) is 40.3 Å². The minimum Gasteiger partial charge on any atom is -0.343 e. The standard InChI is InChI=1S/C23H17BrF7N7O2/c24-18-16(20(39)33-8-22(26,27)28)15(17-19(32)34-9-35-38(17)18)10-1-4-12(5-2-10)36-21(40)37-14-7-11(23(29,30)31)3-6-13(14)25/h1-7,9,19H,8,32H2,(H,33,39)(H,34,35)(H2,36,37,40). The molecule has 17 heteroatoms. The first-order valence-electron chi connectivity index (χ1n) is 11.0. The normalized spacial score (nSPS) is 14.8. The van der Waals surface area contributed by atoms with Gasteiger partial charge in [-0.3, -0.25) is 10.2 Å². The van der Waals surface area contributed by atoms with Gasteiger partial charge >= 0.3 is 18.4 Å². The average molecular weight is 636 g/mol. The summed E-state index contributed by atoms with van der Waals surface area (Å²) in [5, 5.41) is 6.13. The van der Waals surface area contributed by atoms with Gasteiger partial charge in [0.05, 0.1) is 22.5 Å². The van der Waals surface area contributed by atoms with Crippen LogP contribution in [0.2, 0.25) is 0 Å². The maximum absolute atomic E-state index is 14.0. The van der Waals surface area contributed by atoms with Crippen LogP contribution in [0.5, 0.6) is 0 Å². The number of fused-ring (bicyclic) bond motifs is 1. The van der Waals surface area contributed by atoms with Crippen molar-refractivity contribution in [2.24, 2.45) is 10.7 Å². The van der Waals surface area contributed by atoms with Gasteiger partial charge in [-0.2, -0.15) is 26.3 Å². The molecule has 3 aromatic rings. The van der Waals surface area contributed by atoms with Crippen LogP contribution in [0.3, 0.4) is 0 Å². The van der Waals surface area contributed by atoms with Gasteiger partial charge in [0.1, 0.15) is 29.5 Å². The Morgan fingerprint density at radius 2 is 1.73 bits per heavy atom. The Balaban J connectivity index is 1.60. The minimum atomic E-state index is -4.75. The van der Waals surface area contributed by atoms with Crippen molar-refractivity contribution in [3.63, 3.8) is 0 Å². The number of amides is 3. The number of hydrogen-bond donors (Lipinski definition) is 5. The Morgan fingerprint density at radius 1 is 1.05 bits per heavy atom. The Kier molecular flexibility index (Phi) is 7.80. The third-order valence-corrected chi connectivity index (χ3v) is 6.25. The molecule has 1 unspecified atom stereocenters. The molecule has 0 saturated heterocycles. The molecule has 1 aromatic heterocycles. The highest BCUT2D eigenvalue weighted by atomic mass is 79.9. The lowest BCUT2D eigenvalue weighted by molar-refractivity contribution is -0.137. The zero-order valence-electron chi connectivity index (χ0n) is 19.7. The fraction of sp³-hybridized carbons (Fsp3) is 0.174. The molecule has 0 bridgehead atoms. The number of nitrogens with two attached hydrogens (primary N) is 1. The molecule has 212 valence electrons. The fourth-order valence-electron chi connectivity index (χ4n) is 3.78. The predicted molar refractivity (Wildman–Crippen MR) is 135 cm³/mol. The minimum absolute atomic E-state index is 0.0727. The quantitative estimate of drug-likeness (QED) is 0.236. The molecule has 0 spiro atoms. The molecule has 1 aliphatic rings. The van der Waals surface area contributed by atoms with Gasteiger partial charge in [-0.15, -0.1) is 0 Å². The van der Waals surface area contributed by atoms with Gasteiger partial charge in [-0.1, -0.05) is 12.1 Å². The first kappa shape index (κ1) is 28.9. The summed E-state index contributed by atoms with van der Waals surface area (Å²) in [6.45, 7) is -1.58. The lowest BCUT2D eigenvalue weighted by atomic mass is 9.99. The van der Waals surface area contributed by atoms with Crippen LogP contribution in [0.4, 0.5) is 46.9 Å². The molecular formula is C23H17BrF7N7O2. The molecule has 6 N–H and O–H groups in total. The van der Waals surface area contributed by atoms with Crippen LogP contribution in [-0.4, -0.2) is 35.7 Å². The number of rotatable bonds is 5. The van der Waals surface area contributed by atoms with Crippen molar-refractivity contribution in [3.8, 4) is 11.1 Å². The van der Waals surface area contributed by atoms with E-state index in [4.69, 9.17) is 5.73 Å². The molecule has 0 saturated carbocycles. The van der Waals surface area contributed by atoms with Gasteiger partial charge in [-0.05, 0) is 51.8 Å². The maximum atomic E-state index is 14.0. The zero-order chi connectivity index (χ0) is 29.4. The van der Waals surface area contributed by atoms with Crippen molar-refractivity contribution in [2.45, 2.75) is 18.5 Å². The van der Waals surface area contributed by atoms with Gasteiger partial charge in [-0.25, -0.2) is 18.9 Å². The van der Waals surface area contributed by atoms with Gasteiger partial charge in [0.25, 0.3) is 5.91 Å². The number of aliphatic imine (C=N–C) groups is 1. The summed E-state index contributed by atoms with van der Waals surface area (Å²) in [5.41, 5.74) is 7.56. The second-order valence-corrected chi connectivity index (χ2v) is 9.01. The van der Waals surface area contributed by atoms with Gasteiger partial charge < -0.3 is 21.7 Å². The number of aromatic nitrogens is 1. The second-order valence-electron chi connectivity index (χ2n) is 8.26. The number of benzene rings is 2. The van der Waals surface area contributed by atoms with Crippen molar-refractivity contribution in [3.05, 3.63) is 69.7 Å². The zero-order valence-corrected chi connectivity index (χ0v) is 21.3. The number of nitrogens with one attached hydrogen (secondary N) is 4. The number of hydrogen-bond acceptors (Lipinski definition) is 5. The summed E-state index contributed by atoms with van der Waals surface area (Å²) in [4.78, 5) is 29.1. The lowest BCUT2D eigenvalue weighted by Crippen LogP contribution is -2.34. The summed E-state index contributed by atoms with van der Waals surface area (Å²) in [7, 11) is 0. The molecule has 1 aliphatic heterocycles.